The first-order valence-electron chi connectivity index (χ1n) is 5.61. The molecule has 0 atom stereocenters. The Hall–Kier alpha value is -2.62. The Morgan fingerprint density at radius 1 is 1.47 bits per heavy atom. The van der Waals surface area contributed by atoms with Gasteiger partial charge in [-0.1, -0.05) is 25.6 Å². The lowest BCUT2D eigenvalue weighted by molar-refractivity contribution is 0.128. The molecule has 7 heteroatoms. The van der Waals surface area contributed by atoms with Gasteiger partial charge in [-0.05, 0) is 22.8 Å². The molecule has 1 aromatic carbocycles. The van der Waals surface area contributed by atoms with Crippen LogP contribution in [-0.2, 0) is 5.41 Å². The lowest BCUT2D eigenvalue weighted by Gasteiger charge is -2.20. The number of carbonyl (C=O) groups excluding carboxylic acids is 1. The summed E-state index contributed by atoms with van der Waals surface area (Å²) in [4.78, 5) is 16.4. The summed E-state index contributed by atoms with van der Waals surface area (Å²) in [5, 5.41) is 16.9. The van der Waals surface area contributed by atoms with E-state index in [4.69, 9.17) is 10.6 Å². The zero-order valence-corrected chi connectivity index (χ0v) is 10.8. The molecule has 0 radical (unpaired) electrons. The number of rotatable bonds is 1. The average molecular weight is 259 g/mol. The third-order valence-electron chi connectivity index (χ3n) is 2.64. The molecule has 0 saturated carbocycles. The van der Waals surface area contributed by atoms with Gasteiger partial charge in [0.2, 0.25) is 0 Å². The fourth-order valence-corrected chi connectivity index (χ4v) is 1.97. The largest absolute Gasteiger partial charge is 0.430 e. The van der Waals surface area contributed by atoms with Crippen molar-refractivity contribution in [1.82, 2.24) is 15.2 Å². The lowest BCUT2D eigenvalue weighted by atomic mass is 9.83. The molecule has 1 amide bonds. The smallest absolute Gasteiger partial charge is 0.333 e. The Morgan fingerprint density at radius 2 is 2.16 bits per heavy atom. The minimum atomic E-state index is -0.978. The normalized spacial score (nSPS) is 11.3. The van der Waals surface area contributed by atoms with Gasteiger partial charge in [0.1, 0.15) is 11.0 Å². The lowest BCUT2D eigenvalue weighted by Crippen LogP contribution is -2.26. The Balaban J connectivity index is 2.75. The van der Waals surface area contributed by atoms with Crippen LogP contribution >= 0.6 is 0 Å². The van der Waals surface area contributed by atoms with Crippen LogP contribution in [0.2, 0.25) is 0 Å². The molecule has 0 fully saturated rings. The molecule has 1 heterocycles. The highest BCUT2D eigenvalue weighted by Gasteiger charge is 2.24. The molecule has 98 valence electrons. The van der Waals surface area contributed by atoms with E-state index in [9.17, 15) is 10.1 Å². The van der Waals surface area contributed by atoms with E-state index >= 15 is 0 Å². The zero-order chi connectivity index (χ0) is 14.2. The highest BCUT2D eigenvalue weighted by atomic mass is 16.7. The third-order valence-corrected chi connectivity index (χ3v) is 2.64. The van der Waals surface area contributed by atoms with E-state index < -0.39 is 6.09 Å². The van der Waals surface area contributed by atoms with Crippen LogP contribution in [0.4, 0.5) is 4.79 Å². The van der Waals surface area contributed by atoms with E-state index in [0.717, 1.165) is 10.4 Å². The number of carbonyl (C=O) groups is 1. The summed E-state index contributed by atoms with van der Waals surface area (Å²) in [6, 6.07) is 5.40. The van der Waals surface area contributed by atoms with Crippen molar-refractivity contribution >= 4 is 17.1 Å². The molecule has 2 aromatic rings. The summed E-state index contributed by atoms with van der Waals surface area (Å²) in [5.74, 6) is 0. The van der Waals surface area contributed by atoms with E-state index in [1.54, 1.807) is 12.1 Å². The first-order valence-corrected chi connectivity index (χ1v) is 5.61. The van der Waals surface area contributed by atoms with E-state index in [0.29, 0.717) is 16.6 Å². The van der Waals surface area contributed by atoms with Crippen molar-refractivity contribution in [1.29, 1.82) is 5.26 Å². The van der Waals surface area contributed by atoms with Crippen molar-refractivity contribution < 1.29 is 9.63 Å². The molecule has 0 spiro atoms. The number of fused-ring (bicyclic) bond motifs is 1. The highest BCUT2D eigenvalue weighted by Crippen LogP contribution is 2.31. The van der Waals surface area contributed by atoms with Gasteiger partial charge in [-0.2, -0.15) is 5.26 Å². The predicted octanol–water partition coefficient (Wildman–Crippen LogP) is 1.11. The maximum Gasteiger partial charge on any atom is 0.430 e. The molecule has 0 aliphatic rings. The SMILES string of the molecule is CC(C)(C)c1c(C#N)ccc2c1nnn2OC(N)=O. The van der Waals surface area contributed by atoms with Gasteiger partial charge in [-0.25, -0.2) is 4.79 Å². The second-order valence-corrected chi connectivity index (χ2v) is 5.09. The molecular weight excluding hydrogens is 246 g/mol. The highest BCUT2D eigenvalue weighted by molar-refractivity contribution is 5.82. The predicted molar refractivity (Wildman–Crippen MR) is 67.1 cm³/mol. The van der Waals surface area contributed by atoms with Gasteiger partial charge in [0, 0.05) is 5.56 Å². The first kappa shape index (κ1) is 12.8. The fraction of sp³-hybridized carbons (Fsp3) is 0.333. The van der Waals surface area contributed by atoms with Crippen LogP contribution in [0.15, 0.2) is 12.1 Å². The number of hydrogen-bond donors (Lipinski definition) is 1. The van der Waals surface area contributed by atoms with Crippen molar-refractivity contribution in [2.24, 2.45) is 5.73 Å². The Kier molecular flexibility index (Phi) is 2.86. The molecule has 0 aliphatic heterocycles. The van der Waals surface area contributed by atoms with E-state index in [1.165, 1.54) is 0 Å². The summed E-state index contributed by atoms with van der Waals surface area (Å²) >= 11 is 0. The standard InChI is InChI=1S/C12H13N5O2/c1-12(2,3)9-7(6-13)4-5-8-10(9)15-16-17(8)19-11(14)18/h4-5H,1-3H3,(H2,14,18). The Bertz CT molecular complexity index is 690. The van der Waals surface area contributed by atoms with Crippen LogP contribution in [0.1, 0.15) is 31.9 Å². The number of nitrogens with zero attached hydrogens (tertiary/aromatic N) is 4. The molecule has 19 heavy (non-hydrogen) atoms. The van der Waals surface area contributed by atoms with Gasteiger partial charge in [0.25, 0.3) is 0 Å². The minimum absolute atomic E-state index is 0.293. The number of nitriles is 1. The minimum Gasteiger partial charge on any atom is -0.333 e. The number of hydrogen-bond acceptors (Lipinski definition) is 5. The molecule has 0 saturated heterocycles. The van der Waals surface area contributed by atoms with Crippen LogP contribution in [-0.4, -0.2) is 21.3 Å². The van der Waals surface area contributed by atoms with Crippen molar-refractivity contribution in [3.63, 3.8) is 0 Å². The quantitative estimate of drug-likeness (QED) is 0.772. The number of nitrogens with two attached hydrogens (primary N) is 1. The molecule has 0 aliphatic carbocycles. The maximum absolute atomic E-state index is 10.8. The van der Waals surface area contributed by atoms with Crippen LogP contribution in [0.5, 0.6) is 0 Å². The molecule has 0 unspecified atom stereocenters. The second-order valence-electron chi connectivity index (χ2n) is 5.09. The van der Waals surface area contributed by atoms with Crippen LogP contribution in [0.3, 0.4) is 0 Å². The van der Waals surface area contributed by atoms with Gasteiger partial charge in [0.05, 0.1) is 11.6 Å². The molecule has 7 nitrogen and oxygen atoms in total. The van der Waals surface area contributed by atoms with Crippen LogP contribution < -0.4 is 10.6 Å². The first-order chi connectivity index (χ1) is 8.84. The number of benzene rings is 1. The van der Waals surface area contributed by atoms with Crippen molar-refractivity contribution in [2.75, 3.05) is 0 Å². The second kappa shape index (κ2) is 4.24. The summed E-state index contributed by atoms with van der Waals surface area (Å²) in [5.41, 5.74) is 6.94. The summed E-state index contributed by atoms with van der Waals surface area (Å²) in [6.07, 6.45) is -0.978. The molecule has 0 bridgehead atoms. The molecule has 2 N–H and O–H groups in total. The zero-order valence-electron chi connectivity index (χ0n) is 10.8. The molecular formula is C12H13N5O2. The summed E-state index contributed by atoms with van der Waals surface area (Å²) in [7, 11) is 0. The van der Waals surface area contributed by atoms with E-state index in [2.05, 4.69) is 16.4 Å². The molecule has 1 aromatic heterocycles. The van der Waals surface area contributed by atoms with E-state index in [-0.39, 0.29) is 5.41 Å². The Morgan fingerprint density at radius 3 is 2.68 bits per heavy atom. The summed E-state index contributed by atoms with van der Waals surface area (Å²) < 4.78 is 0. The van der Waals surface area contributed by atoms with Crippen molar-refractivity contribution in [3.05, 3.63) is 23.3 Å². The number of amides is 1. The maximum atomic E-state index is 10.8. The van der Waals surface area contributed by atoms with Crippen molar-refractivity contribution in [2.45, 2.75) is 26.2 Å². The summed E-state index contributed by atoms with van der Waals surface area (Å²) in [6.45, 7) is 5.91. The van der Waals surface area contributed by atoms with Gasteiger partial charge in [-0.15, -0.1) is 5.10 Å². The van der Waals surface area contributed by atoms with Gasteiger partial charge >= 0.3 is 6.09 Å². The monoisotopic (exact) mass is 259 g/mol. The van der Waals surface area contributed by atoms with Crippen LogP contribution in [0, 0.1) is 11.3 Å². The third kappa shape index (κ3) is 2.20. The topological polar surface area (TPSA) is 107 Å². The number of primary amides is 1. The molecule has 2 rings (SSSR count). The van der Waals surface area contributed by atoms with Gasteiger partial charge in [-0.3, -0.25) is 4.84 Å². The van der Waals surface area contributed by atoms with Gasteiger partial charge < -0.3 is 5.73 Å². The fourth-order valence-electron chi connectivity index (χ4n) is 1.97. The Labute approximate surface area is 109 Å². The van der Waals surface area contributed by atoms with Crippen molar-refractivity contribution in [3.8, 4) is 6.07 Å². The average Bonchev–Trinajstić information content (AvgIpc) is 2.69. The van der Waals surface area contributed by atoms with E-state index in [1.807, 2.05) is 20.8 Å². The number of aromatic nitrogens is 3. The van der Waals surface area contributed by atoms with Gasteiger partial charge in [0.15, 0.2) is 0 Å². The van der Waals surface area contributed by atoms with Crippen LogP contribution in [0.25, 0.3) is 11.0 Å².